The third kappa shape index (κ3) is 2.08. The molecular formula is C15H18FN. The van der Waals surface area contributed by atoms with Gasteiger partial charge < -0.3 is 4.57 Å². The van der Waals surface area contributed by atoms with Crippen LogP contribution in [0.4, 0.5) is 4.39 Å². The van der Waals surface area contributed by atoms with Crippen molar-refractivity contribution in [2.45, 2.75) is 38.6 Å². The van der Waals surface area contributed by atoms with Gasteiger partial charge in [-0.3, -0.25) is 0 Å². The maximum Gasteiger partial charge on any atom is 0.132 e. The van der Waals surface area contributed by atoms with E-state index in [4.69, 9.17) is 0 Å². The molecule has 1 heterocycles. The SMILES string of the molecule is Fc1cccc2c1ccn2CC1CCCCC1. The van der Waals surface area contributed by atoms with Crippen molar-refractivity contribution in [2.24, 2.45) is 5.92 Å². The lowest BCUT2D eigenvalue weighted by molar-refractivity contribution is 0.322. The number of rotatable bonds is 2. The molecule has 0 spiro atoms. The van der Waals surface area contributed by atoms with Gasteiger partial charge in [-0.25, -0.2) is 4.39 Å². The number of fused-ring (bicyclic) bond motifs is 1. The molecule has 3 rings (SSSR count). The number of aromatic nitrogens is 1. The van der Waals surface area contributed by atoms with Crippen LogP contribution in [0.25, 0.3) is 10.9 Å². The Labute approximate surface area is 101 Å². The van der Waals surface area contributed by atoms with E-state index in [0.29, 0.717) is 0 Å². The molecule has 1 nitrogen and oxygen atoms in total. The van der Waals surface area contributed by atoms with Gasteiger partial charge in [0.15, 0.2) is 0 Å². The Morgan fingerprint density at radius 1 is 1.12 bits per heavy atom. The second kappa shape index (κ2) is 4.52. The summed E-state index contributed by atoms with van der Waals surface area (Å²) in [5.41, 5.74) is 1.04. The number of hydrogen-bond acceptors (Lipinski definition) is 0. The van der Waals surface area contributed by atoms with Crippen LogP contribution in [0.1, 0.15) is 32.1 Å². The number of benzene rings is 1. The Balaban J connectivity index is 1.87. The number of nitrogens with zero attached hydrogens (tertiary/aromatic N) is 1. The highest BCUT2D eigenvalue weighted by Crippen LogP contribution is 2.27. The van der Waals surface area contributed by atoms with Crippen molar-refractivity contribution in [3.63, 3.8) is 0 Å². The van der Waals surface area contributed by atoms with Crippen LogP contribution < -0.4 is 0 Å². The van der Waals surface area contributed by atoms with Crippen molar-refractivity contribution in [3.05, 3.63) is 36.3 Å². The number of hydrogen-bond donors (Lipinski definition) is 0. The largest absolute Gasteiger partial charge is 0.347 e. The van der Waals surface area contributed by atoms with Crippen LogP contribution in [0.2, 0.25) is 0 Å². The molecule has 0 radical (unpaired) electrons. The van der Waals surface area contributed by atoms with Crippen LogP contribution in [0.5, 0.6) is 0 Å². The Bertz CT molecular complexity index is 509. The molecule has 17 heavy (non-hydrogen) atoms. The van der Waals surface area contributed by atoms with Crippen molar-refractivity contribution < 1.29 is 4.39 Å². The minimum Gasteiger partial charge on any atom is -0.347 e. The average Bonchev–Trinajstić information content (AvgIpc) is 2.76. The Hall–Kier alpha value is -1.31. The first kappa shape index (κ1) is 10.8. The standard InChI is InChI=1S/C15H18FN/c16-14-7-4-8-15-13(14)9-10-17(15)11-12-5-2-1-3-6-12/h4,7-10,12H,1-3,5-6,11H2. The lowest BCUT2D eigenvalue weighted by atomic mass is 9.89. The molecule has 2 aromatic rings. The van der Waals surface area contributed by atoms with Crippen LogP contribution in [0.3, 0.4) is 0 Å². The zero-order chi connectivity index (χ0) is 11.7. The summed E-state index contributed by atoms with van der Waals surface area (Å²) in [5.74, 6) is 0.674. The monoisotopic (exact) mass is 231 g/mol. The summed E-state index contributed by atoms with van der Waals surface area (Å²) in [4.78, 5) is 0. The third-order valence-corrected chi connectivity index (χ3v) is 3.94. The molecule has 1 aromatic heterocycles. The summed E-state index contributed by atoms with van der Waals surface area (Å²) in [5, 5.41) is 0.753. The maximum atomic E-state index is 13.6. The first-order valence-electron chi connectivity index (χ1n) is 6.58. The fraction of sp³-hybridized carbons (Fsp3) is 0.467. The van der Waals surface area contributed by atoms with Crippen molar-refractivity contribution >= 4 is 10.9 Å². The molecule has 1 fully saturated rings. The summed E-state index contributed by atoms with van der Waals surface area (Å²) in [6, 6.07) is 7.25. The molecule has 1 aromatic carbocycles. The van der Waals surface area contributed by atoms with E-state index in [-0.39, 0.29) is 5.82 Å². The first-order chi connectivity index (χ1) is 8.34. The molecule has 0 atom stereocenters. The van der Waals surface area contributed by atoms with Gasteiger partial charge in [-0.05, 0) is 37.0 Å². The fourth-order valence-corrected chi connectivity index (χ4v) is 2.99. The molecule has 1 saturated carbocycles. The molecule has 0 unspecified atom stereocenters. The molecular weight excluding hydrogens is 213 g/mol. The molecule has 1 aliphatic carbocycles. The van der Waals surface area contributed by atoms with Gasteiger partial charge in [0, 0.05) is 18.1 Å². The van der Waals surface area contributed by atoms with Gasteiger partial charge in [0.25, 0.3) is 0 Å². The highest BCUT2D eigenvalue weighted by molar-refractivity contribution is 5.80. The average molecular weight is 231 g/mol. The van der Waals surface area contributed by atoms with Gasteiger partial charge in [-0.2, -0.15) is 0 Å². The van der Waals surface area contributed by atoms with E-state index in [1.807, 2.05) is 18.3 Å². The Morgan fingerprint density at radius 3 is 2.76 bits per heavy atom. The molecule has 0 amide bonds. The summed E-state index contributed by atoms with van der Waals surface area (Å²) < 4.78 is 15.8. The van der Waals surface area contributed by atoms with Crippen molar-refractivity contribution in [1.82, 2.24) is 4.57 Å². The van der Waals surface area contributed by atoms with Gasteiger partial charge in [0.2, 0.25) is 0 Å². The summed E-state index contributed by atoms with van der Waals surface area (Å²) in [7, 11) is 0. The smallest absolute Gasteiger partial charge is 0.132 e. The van der Waals surface area contributed by atoms with Gasteiger partial charge in [0.05, 0.1) is 5.52 Å². The lowest BCUT2D eigenvalue weighted by Crippen LogP contribution is -2.13. The van der Waals surface area contributed by atoms with Crippen molar-refractivity contribution in [1.29, 1.82) is 0 Å². The molecule has 1 aliphatic rings. The van der Waals surface area contributed by atoms with Gasteiger partial charge in [0.1, 0.15) is 5.82 Å². The molecule has 0 N–H and O–H groups in total. The van der Waals surface area contributed by atoms with Crippen molar-refractivity contribution in [2.75, 3.05) is 0 Å². The number of halogens is 1. The van der Waals surface area contributed by atoms with E-state index in [9.17, 15) is 4.39 Å². The highest BCUT2D eigenvalue weighted by Gasteiger charge is 2.15. The van der Waals surface area contributed by atoms with Gasteiger partial charge in [-0.1, -0.05) is 25.3 Å². The van der Waals surface area contributed by atoms with Crippen LogP contribution in [0.15, 0.2) is 30.5 Å². The fourth-order valence-electron chi connectivity index (χ4n) is 2.99. The highest BCUT2D eigenvalue weighted by atomic mass is 19.1. The summed E-state index contributed by atoms with van der Waals surface area (Å²) in [6.45, 7) is 1.05. The van der Waals surface area contributed by atoms with E-state index >= 15 is 0 Å². The van der Waals surface area contributed by atoms with E-state index in [1.54, 1.807) is 6.07 Å². The van der Waals surface area contributed by atoms with Gasteiger partial charge in [-0.15, -0.1) is 0 Å². The molecule has 0 saturated heterocycles. The van der Waals surface area contributed by atoms with Crippen LogP contribution >= 0.6 is 0 Å². The van der Waals surface area contributed by atoms with E-state index in [1.165, 1.54) is 38.2 Å². The van der Waals surface area contributed by atoms with Crippen LogP contribution in [-0.4, -0.2) is 4.57 Å². The quantitative estimate of drug-likeness (QED) is 0.723. The molecule has 90 valence electrons. The van der Waals surface area contributed by atoms with E-state index in [0.717, 1.165) is 23.4 Å². The Morgan fingerprint density at radius 2 is 1.94 bits per heavy atom. The second-order valence-corrected chi connectivity index (χ2v) is 5.14. The van der Waals surface area contributed by atoms with Crippen LogP contribution in [0, 0.1) is 11.7 Å². The topological polar surface area (TPSA) is 4.93 Å². The molecule has 2 heteroatoms. The Kier molecular flexibility index (Phi) is 2.87. The third-order valence-electron chi connectivity index (χ3n) is 3.94. The zero-order valence-electron chi connectivity index (χ0n) is 10.0. The predicted octanol–water partition coefficient (Wildman–Crippen LogP) is 4.36. The van der Waals surface area contributed by atoms with Crippen molar-refractivity contribution in [3.8, 4) is 0 Å². The normalized spacial score (nSPS) is 17.7. The minimum absolute atomic E-state index is 0.107. The summed E-state index contributed by atoms with van der Waals surface area (Å²) >= 11 is 0. The lowest BCUT2D eigenvalue weighted by Gasteiger charge is -2.22. The first-order valence-corrected chi connectivity index (χ1v) is 6.58. The van der Waals surface area contributed by atoms with Crippen LogP contribution in [-0.2, 0) is 6.54 Å². The maximum absolute atomic E-state index is 13.6. The van der Waals surface area contributed by atoms with Gasteiger partial charge >= 0.3 is 0 Å². The second-order valence-electron chi connectivity index (χ2n) is 5.14. The predicted molar refractivity (Wildman–Crippen MR) is 68.5 cm³/mol. The molecule has 0 aliphatic heterocycles. The molecule has 0 bridgehead atoms. The minimum atomic E-state index is -0.107. The van der Waals surface area contributed by atoms with E-state index in [2.05, 4.69) is 4.57 Å². The zero-order valence-corrected chi connectivity index (χ0v) is 10.0. The van der Waals surface area contributed by atoms with E-state index < -0.39 is 0 Å². The summed E-state index contributed by atoms with van der Waals surface area (Å²) in [6.07, 6.45) is 8.79.